The molecule has 0 bridgehead atoms. The summed E-state index contributed by atoms with van der Waals surface area (Å²) in [6.45, 7) is 2.89. The van der Waals surface area contributed by atoms with Crippen molar-refractivity contribution in [2.75, 3.05) is 13.1 Å². The fourth-order valence-electron chi connectivity index (χ4n) is 1.88. The number of carboxylic acid groups (broad SMARTS) is 2. The number of hydrogen-bond donors (Lipinski definition) is 4. The van der Waals surface area contributed by atoms with Crippen LogP contribution in [0.2, 0.25) is 0 Å². The molecule has 1 aliphatic rings. The molecule has 0 aromatic heterocycles. The third-order valence-electron chi connectivity index (χ3n) is 2.99. The van der Waals surface area contributed by atoms with Gasteiger partial charge in [-0.3, -0.25) is 9.59 Å². The lowest BCUT2D eigenvalue weighted by molar-refractivity contribution is -0.142. The molecule has 1 heterocycles. The first-order valence-electron chi connectivity index (χ1n) is 7.00. The second-order valence-electron chi connectivity index (χ2n) is 4.91. The van der Waals surface area contributed by atoms with Crippen molar-refractivity contribution in [2.24, 2.45) is 5.73 Å². The Bertz CT molecular complexity index is 407. The van der Waals surface area contributed by atoms with Gasteiger partial charge in [0, 0.05) is 26.4 Å². The molecule has 126 valence electrons. The van der Waals surface area contributed by atoms with Crippen LogP contribution < -0.4 is 11.1 Å². The Morgan fingerprint density at radius 1 is 1.14 bits per heavy atom. The number of piperidine rings is 1. The molecule has 9 nitrogen and oxygen atoms in total. The van der Waals surface area contributed by atoms with Gasteiger partial charge in [0.25, 0.3) is 0 Å². The van der Waals surface area contributed by atoms with Crippen molar-refractivity contribution < 1.29 is 29.4 Å². The summed E-state index contributed by atoms with van der Waals surface area (Å²) in [5.74, 6) is -2.80. The minimum Gasteiger partial charge on any atom is -0.481 e. The van der Waals surface area contributed by atoms with Crippen LogP contribution in [0.5, 0.6) is 0 Å². The standard InChI is InChI=1S/C7H11NO5.C6H12N2O/c1-4(9)8-5(7(12)13)2-3-6(10)11;7-6(9)8-4-2-1-3-5-8/h5H,2-3H2,1H3,(H,8,9)(H,10,11)(H,12,13);1-5H2,(H2,7,9)/t5-;/m1./s1. The molecule has 22 heavy (non-hydrogen) atoms. The van der Waals surface area contributed by atoms with Gasteiger partial charge in [0.1, 0.15) is 6.04 Å². The summed E-state index contributed by atoms with van der Waals surface area (Å²) in [6, 6.07) is -1.39. The SMILES string of the molecule is CC(=O)N[C@H](CCC(=O)O)C(=O)O.NC(=O)N1CCCCC1. The van der Waals surface area contributed by atoms with Gasteiger partial charge in [-0.05, 0) is 25.7 Å². The Balaban J connectivity index is 0.000000425. The van der Waals surface area contributed by atoms with E-state index in [9.17, 15) is 19.2 Å². The van der Waals surface area contributed by atoms with E-state index in [0.717, 1.165) is 25.9 Å². The van der Waals surface area contributed by atoms with Crippen LogP contribution in [0, 0.1) is 0 Å². The van der Waals surface area contributed by atoms with Crippen LogP contribution >= 0.6 is 0 Å². The Kier molecular flexibility index (Phi) is 9.31. The predicted octanol–water partition coefficient (Wildman–Crippen LogP) is -0.00850. The van der Waals surface area contributed by atoms with Crippen LogP contribution in [0.1, 0.15) is 39.0 Å². The van der Waals surface area contributed by atoms with Crippen molar-refractivity contribution in [1.82, 2.24) is 10.2 Å². The molecule has 1 rings (SSSR count). The molecule has 1 fully saturated rings. The topological polar surface area (TPSA) is 150 Å². The zero-order chi connectivity index (χ0) is 17.1. The maximum atomic E-state index is 10.5. The molecule has 9 heteroatoms. The van der Waals surface area contributed by atoms with Gasteiger partial charge in [-0.25, -0.2) is 9.59 Å². The molecule has 3 amide bonds. The highest BCUT2D eigenvalue weighted by Gasteiger charge is 2.18. The van der Waals surface area contributed by atoms with Crippen molar-refractivity contribution in [3.8, 4) is 0 Å². The fourth-order valence-corrected chi connectivity index (χ4v) is 1.88. The van der Waals surface area contributed by atoms with Crippen LogP contribution in [0.25, 0.3) is 0 Å². The summed E-state index contributed by atoms with van der Waals surface area (Å²) in [5.41, 5.74) is 5.05. The number of aliphatic carboxylic acids is 2. The van der Waals surface area contributed by atoms with Gasteiger partial charge >= 0.3 is 18.0 Å². The zero-order valence-electron chi connectivity index (χ0n) is 12.6. The van der Waals surface area contributed by atoms with Crippen molar-refractivity contribution in [2.45, 2.75) is 45.1 Å². The van der Waals surface area contributed by atoms with E-state index in [-0.39, 0.29) is 18.9 Å². The van der Waals surface area contributed by atoms with Gasteiger partial charge in [-0.2, -0.15) is 0 Å². The molecular weight excluding hydrogens is 294 g/mol. The summed E-state index contributed by atoms with van der Waals surface area (Å²) in [7, 11) is 0. The summed E-state index contributed by atoms with van der Waals surface area (Å²) in [4.78, 5) is 43.2. The number of carbonyl (C=O) groups excluding carboxylic acids is 2. The van der Waals surface area contributed by atoms with E-state index < -0.39 is 23.9 Å². The summed E-state index contributed by atoms with van der Waals surface area (Å²) in [5, 5.41) is 18.9. The van der Waals surface area contributed by atoms with E-state index in [1.165, 1.54) is 13.3 Å². The second kappa shape index (κ2) is 10.4. The number of nitrogens with two attached hydrogens (primary N) is 1. The van der Waals surface area contributed by atoms with Crippen LogP contribution in [-0.4, -0.2) is 58.1 Å². The Morgan fingerprint density at radius 2 is 1.68 bits per heavy atom. The van der Waals surface area contributed by atoms with Gasteiger partial charge in [-0.1, -0.05) is 0 Å². The molecule has 0 aromatic carbocycles. The molecule has 1 aliphatic heterocycles. The molecule has 0 aromatic rings. The number of amides is 3. The molecule has 5 N–H and O–H groups in total. The Hall–Kier alpha value is -2.32. The average Bonchev–Trinajstić information content (AvgIpc) is 2.44. The highest BCUT2D eigenvalue weighted by atomic mass is 16.4. The predicted molar refractivity (Wildman–Crippen MR) is 77.1 cm³/mol. The zero-order valence-corrected chi connectivity index (χ0v) is 12.6. The van der Waals surface area contributed by atoms with Crippen molar-refractivity contribution in [3.05, 3.63) is 0 Å². The number of primary amides is 1. The van der Waals surface area contributed by atoms with E-state index in [1.54, 1.807) is 4.90 Å². The Labute approximate surface area is 128 Å². The number of likely N-dealkylation sites (tertiary alicyclic amines) is 1. The van der Waals surface area contributed by atoms with E-state index in [2.05, 4.69) is 5.32 Å². The average molecular weight is 317 g/mol. The molecule has 0 spiro atoms. The number of urea groups is 1. The van der Waals surface area contributed by atoms with Crippen LogP contribution in [-0.2, 0) is 14.4 Å². The van der Waals surface area contributed by atoms with Gasteiger partial charge in [0.2, 0.25) is 5.91 Å². The van der Waals surface area contributed by atoms with Crippen molar-refractivity contribution in [3.63, 3.8) is 0 Å². The van der Waals surface area contributed by atoms with Gasteiger partial charge in [0.05, 0.1) is 0 Å². The van der Waals surface area contributed by atoms with Gasteiger partial charge in [0.15, 0.2) is 0 Å². The first-order valence-corrected chi connectivity index (χ1v) is 7.00. The lowest BCUT2D eigenvalue weighted by Crippen LogP contribution is -2.39. The molecule has 1 saturated heterocycles. The summed E-state index contributed by atoms with van der Waals surface area (Å²) < 4.78 is 0. The second-order valence-corrected chi connectivity index (χ2v) is 4.91. The third-order valence-corrected chi connectivity index (χ3v) is 2.99. The van der Waals surface area contributed by atoms with Crippen molar-refractivity contribution in [1.29, 1.82) is 0 Å². The smallest absolute Gasteiger partial charge is 0.326 e. The molecule has 1 atom stereocenters. The van der Waals surface area contributed by atoms with Crippen LogP contribution in [0.15, 0.2) is 0 Å². The molecule has 0 radical (unpaired) electrons. The maximum Gasteiger partial charge on any atom is 0.326 e. The lowest BCUT2D eigenvalue weighted by atomic mass is 10.1. The number of hydrogen-bond acceptors (Lipinski definition) is 4. The van der Waals surface area contributed by atoms with E-state index >= 15 is 0 Å². The minimum atomic E-state index is -1.23. The van der Waals surface area contributed by atoms with Gasteiger partial charge in [-0.15, -0.1) is 0 Å². The first kappa shape index (κ1) is 19.7. The fraction of sp³-hybridized carbons (Fsp3) is 0.692. The molecule has 0 unspecified atom stereocenters. The van der Waals surface area contributed by atoms with Gasteiger partial charge < -0.3 is 26.2 Å². The first-order chi connectivity index (χ1) is 10.2. The lowest BCUT2D eigenvalue weighted by Gasteiger charge is -2.24. The molecule has 0 aliphatic carbocycles. The highest BCUT2D eigenvalue weighted by molar-refractivity contribution is 5.82. The number of nitrogens with zero attached hydrogens (tertiary/aromatic N) is 1. The number of carbonyl (C=O) groups is 4. The maximum absolute atomic E-state index is 10.5. The van der Waals surface area contributed by atoms with E-state index in [4.69, 9.17) is 15.9 Å². The monoisotopic (exact) mass is 317 g/mol. The highest BCUT2D eigenvalue weighted by Crippen LogP contribution is 2.07. The van der Waals surface area contributed by atoms with Crippen LogP contribution in [0.3, 0.4) is 0 Å². The third kappa shape index (κ3) is 9.56. The summed E-state index contributed by atoms with van der Waals surface area (Å²) >= 11 is 0. The van der Waals surface area contributed by atoms with E-state index in [1.807, 2.05) is 0 Å². The van der Waals surface area contributed by atoms with Crippen LogP contribution in [0.4, 0.5) is 4.79 Å². The van der Waals surface area contributed by atoms with E-state index in [0.29, 0.717) is 0 Å². The number of nitrogens with one attached hydrogen (secondary N) is 1. The van der Waals surface area contributed by atoms with Crippen molar-refractivity contribution >= 4 is 23.9 Å². The molecular formula is C13H23N3O6. The Morgan fingerprint density at radius 3 is 2.00 bits per heavy atom. The normalized spacial score (nSPS) is 15.0. The minimum absolute atomic E-state index is 0.107. The quantitative estimate of drug-likeness (QED) is 0.560. The summed E-state index contributed by atoms with van der Waals surface area (Å²) in [6.07, 6.45) is 3.08. The largest absolute Gasteiger partial charge is 0.481 e. The number of carboxylic acids is 2. The molecule has 0 saturated carbocycles. The number of rotatable bonds is 5.